The number of rotatable bonds is 1. The molecular formula is C10H16O2. The molecule has 2 heteroatoms. The minimum absolute atomic E-state index is 0.140. The Morgan fingerprint density at radius 3 is 2.33 bits per heavy atom. The molecule has 0 saturated heterocycles. The van der Waals surface area contributed by atoms with Gasteiger partial charge in [0.1, 0.15) is 6.10 Å². The quantitative estimate of drug-likeness (QED) is 0.442. The molecule has 12 heavy (non-hydrogen) atoms. The molecule has 1 fully saturated rings. The molecule has 0 aliphatic heterocycles. The maximum absolute atomic E-state index is 10.5. The van der Waals surface area contributed by atoms with Gasteiger partial charge in [0.15, 0.2) is 0 Å². The van der Waals surface area contributed by atoms with Gasteiger partial charge in [0.2, 0.25) is 0 Å². The predicted molar refractivity (Wildman–Crippen MR) is 48.5 cm³/mol. The summed E-state index contributed by atoms with van der Waals surface area (Å²) < 4.78 is 5.08. The lowest BCUT2D eigenvalue weighted by molar-refractivity contribution is -0.147. The van der Waals surface area contributed by atoms with Gasteiger partial charge in [-0.25, -0.2) is 0 Å². The Balaban J connectivity index is 0.000000561. The van der Waals surface area contributed by atoms with E-state index in [0.29, 0.717) is 5.92 Å². The molecule has 0 aromatic carbocycles. The van der Waals surface area contributed by atoms with Crippen LogP contribution in [0.1, 0.15) is 33.1 Å². The van der Waals surface area contributed by atoms with Crippen molar-refractivity contribution in [2.45, 2.75) is 39.2 Å². The fourth-order valence-corrected chi connectivity index (χ4v) is 1.50. The van der Waals surface area contributed by atoms with Gasteiger partial charge in [-0.05, 0) is 25.2 Å². The highest BCUT2D eigenvalue weighted by Crippen LogP contribution is 2.27. The van der Waals surface area contributed by atoms with E-state index in [2.05, 4.69) is 19.8 Å². The molecule has 2 nitrogen and oxygen atoms in total. The molecule has 2 atom stereocenters. The van der Waals surface area contributed by atoms with E-state index < -0.39 is 0 Å². The number of carbonyl (C=O) groups is 1. The number of hydrogen-bond donors (Lipinski definition) is 0. The van der Waals surface area contributed by atoms with Gasteiger partial charge in [0, 0.05) is 6.92 Å². The standard InChI is InChI=1S/C8H14O2.C2H2/c1-6-4-3-5-8(6)10-7(2)9;1-2/h6,8H,3-5H2,1-2H3;1-2H. The fraction of sp³-hybridized carbons (Fsp3) is 0.700. The van der Waals surface area contributed by atoms with Crippen LogP contribution in [0.3, 0.4) is 0 Å². The van der Waals surface area contributed by atoms with E-state index in [1.165, 1.54) is 19.8 Å². The average Bonchev–Trinajstić information content (AvgIpc) is 2.40. The summed E-state index contributed by atoms with van der Waals surface area (Å²) in [6.45, 7) is 3.62. The van der Waals surface area contributed by atoms with Crippen molar-refractivity contribution in [1.82, 2.24) is 0 Å². The Morgan fingerprint density at radius 2 is 2.00 bits per heavy atom. The van der Waals surface area contributed by atoms with E-state index in [0.717, 1.165) is 6.42 Å². The second-order valence-electron chi connectivity index (χ2n) is 3.06. The van der Waals surface area contributed by atoms with Crippen LogP contribution in [0.15, 0.2) is 0 Å². The number of hydrogen-bond acceptors (Lipinski definition) is 2. The van der Waals surface area contributed by atoms with Crippen LogP contribution in [-0.4, -0.2) is 12.1 Å². The van der Waals surface area contributed by atoms with E-state index >= 15 is 0 Å². The Hall–Kier alpha value is -0.970. The zero-order valence-corrected chi connectivity index (χ0v) is 7.75. The third-order valence-corrected chi connectivity index (χ3v) is 2.10. The van der Waals surface area contributed by atoms with Crippen molar-refractivity contribution in [3.63, 3.8) is 0 Å². The van der Waals surface area contributed by atoms with Crippen LogP contribution in [0.2, 0.25) is 0 Å². The molecule has 2 unspecified atom stereocenters. The maximum Gasteiger partial charge on any atom is 0.302 e. The third-order valence-electron chi connectivity index (χ3n) is 2.10. The summed E-state index contributed by atoms with van der Waals surface area (Å²) in [5.74, 6) is 0.433. The van der Waals surface area contributed by atoms with E-state index in [9.17, 15) is 4.79 Å². The molecule has 1 rings (SSSR count). The summed E-state index contributed by atoms with van der Waals surface area (Å²) in [4.78, 5) is 10.5. The molecule has 0 N–H and O–H groups in total. The molecule has 1 aliphatic carbocycles. The first-order valence-corrected chi connectivity index (χ1v) is 4.20. The lowest BCUT2D eigenvalue weighted by Gasteiger charge is -2.14. The summed E-state index contributed by atoms with van der Waals surface area (Å²) in [5.41, 5.74) is 0. The lowest BCUT2D eigenvalue weighted by atomic mass is 10.1. The van der Waals surface area contributed by atoms with Crippen LogP contribution in [0.5, 0.6) is 0 Å². The van der Waals surface area contributed by atoms with Crippen molar-refractivity contribution in [3.8, 4) is 12.8 Å². The predicted octanol–water partition coefficient (Wildman–Crippen LogP) is 1.99. The van der Waals surface area contributed by atoms with Crippen molar-refractivity contribution < 1.29 is 9.53 Å². The fourth-order valence-electron chi connectivity index (χ4n) is 1.50. The number of carbonyl (C=O) groups excluding carboxylic acids is 1. The molecule has 0 amide bonds. The molecule has 0 aromatic heterocycles. The van der Waals surface area contributed by atoms with Crippen LogP contribution >= 0.6 is 0 Å². The summed E-state index contributed by atoms with van der Waals surface area (Å²) in [6, 6.07) is 0. The second-order valence-corrected chi connectivity index (χ2v) is 3.06. The van der Waals surface area contributed by atoms with Gasteiger partial charge < -0.3 is 4.74 Å². The van der Waals surface area contributed by atoms with Gasteiger partial charge in [-0.2, -0.15) is 0 Å². The molecular weight excluding hydrogens is 152 g/mol. The summed E-state index contributed by atoms with van der Waals surface area (Å²) >= 11 is 0. The lowest BCUT2D eigenvalue weighted by Crippen LogP contribution is -2.18. The highest BCUT2D eigenvalue weighted by molar-refractivity contribution is 5.66. The topological polar surface area (TPSA) is 26.3 Å². The van der Waals surface area contributed by atoms with Crippen molar-refractivity contribution in [1.29, 1.82) is 0 Å². The molecule has 1 saturated carbocycles. The Bertz CT molecular complexity index is 160. The number of terminal acetylenes is 1. The summed E-state index contributed by atoms with van der Waals surface area (Å²) in [6.07, 6.45) is 11.7. The average molecular weight is 168 g/mol. The normalized spacial score (nSPS) is 27.0. The Morgan fingerprint density at radius 1 is 1.42 bits per heavy atom. The second kappa shape index (κ2) is 5.65. The van der Waals surface area contributed by atoms with E-state index in [1.54, 1.807) is 0 Å². The zero-order valence-electron chi connectivity index (χ0n) is 7.75. The summed E-state index contributed by atoms with van der Waals surface area (Å²) in [5, 5.41) is 0. The number of esters is 1. The highest BCUT2D eigenvalue weighted by Gasteiger charge is 2.25. The van der Waals surface area contributed by atoms with Crippen LogP contribution in [-0.2, 0) is 9.53 Å². The maximum atomic E-state index is 10.5. The Kier molecular flexibility index (Phi) is 5.19. The molecule has 0 heterocycles. The molecule has 1 aliphatic rings. The third kappa shape index (κ3) is 3.43. The van der Waals surface area contributed by atoms with Crippen molar-refractivity contribution >= 4 is 5.97 Å². The number of ether oxygens (including phenoxy) is 1. The first-order valence-electron chi connectivity index (χ1n) is 4.20. The van der Waals surface area contributed by atoms with Crippen LogP contribution < -0.4 is 0 Å². The van der Waals surface area contributed by atoms with Gasteiger partial charge in [0.25, 0.3) is 0 Å². The molecule has 68 valence electrons. The van der Waals surface area contributed by atoms with Crippen LogP contribution in [0.25, 0.3) is 0 Å². The summed E-state index contributed by atoms with van der Waals surface area (Å²) in [7, 11) is 0. The minimum Gasteiger partial charge on any atom is -0.462 e. The van der Waals surface area contributed by atoms with E-state index in [4.69, 9.17) is 4.74 Å². The molecule has 0 aromatic rings. The Labute approximate surface area is 74.3 Å². The minimum atomic E-state index is -0.140. The van der Waals surface area contributed by atoms with E-state index in [1.807, 2.05) is 0 Å². The van der Waals surface area contributed by atoms with Gasteiger partial charge in [-0.1, -0.05) is 6.92 Å². The largest absolute Gasteiger partial charge is 0.462 e. The smallest absolute Gasteiger partial charge is 0.302 e. The highest BCUT2D eigenvalue weighted by atomic mass is 16.5. The van der Waals surface area contributed by atoms with Crippen molar-refractivity contribution in [2.75, 3.05) is 0 Å². The molecule has 0 bridgehead atoms. The van der Waals surface area contributed by atoms with Gasteiger partial charge in [-0.3, -0.25) is 4.79 Å². The van der Waals surface area contributed by atoms with Gasteiger partial charge in [-0.15, -0.1) is 12.8 Å². The first-order chi connectivity index (χ1) is 5.70. The van der Waals surface area contributed by atoms with Crippen molar-refractivity contribution in [2.24, 2.45) is 5.92 Å². The molecule has 0 spiro atoms. The van der Waals surface area contributed by atoms with Crippen LogP contribution in [0, 0.1) is 18.8 Å². The van der Waals surface area contributed by atoms with Crippen LogP contribution in [0.4, 0.5) is 0 Å². The first kappa shape index (κ1) is 11.0. The van der Waals surface area contributed by atoms with Gasteiger partial charge >= 0.3 is 5.97 Å². The zero-order chi connectivity index (χ0) is 9.56. The monoisotopic (exact) mass is 168 g/mol. The van der Waals surface area contributed by atoms with Crippen molar-refractivity contribution in [3.05, 3.63) is 0 Å². The molecule has 0 radical (unpaired) electrons. The van der Waals surface area contributed by atoms with Gasteiger partial charge in [0.05, 0.1) is 0 Å². The van der Waals surface area contributed by atoms with E-state index in [-0.39, 0.29) is 12.1 Å². The SMILES string of the molecule is C#C.CC(=O)OC1CCCC1C.